The number of aryl methyl sites for hydroxylation is 1. The lowest BCUT2D eigenvalue weighted by molar-refractivity contribution is -0.117. The number of hydrogen-bond acceptors (Lipinski definition) is 4. The Hall–Kier alpha value is -2.84. The van der Waals surface area contributed by atoms with Gasteiger partial charge in [-0.05, 0) is 49.2 Å². The molecule has 26 heavy (non-hydrogen) atoms. The Morgan fingerprint density at radius 2 is 1.85 bits per heavy atom. The Balaban J connectivity index is 1.53. The molecule has 2 aromatic rings. The average Bonchev–Trinajstić information content (AvgIpc) is 2.65. The fourth-order valence-corrected chi connectivity index (χ4v) is 3.30. The molecule has 5 heteroatoms. The molecule has 1 amide bonds. The minimum absolute atomic E-state index is 0.0414. The van der Waals surface area contributed by atoms with Gasteiger partial charge in [0.1, 0.15) is 0 Å². The first kappa shape index (κ1) is 18.0. The molecule has 1 N–H and O–H groups in total. The molecule has 0 unspecified atom stereocenters. The topological polar surface area (TPSA) is 59.4 Å². The molecule has 0 bridgehead atoms. The van der Waals surface area contributed by atoms with Crippen molar-refractivity contribution in [1.29, 1.82) is 5.26 Å². The summed E-state index contributed by atoms with van der Waals surface area (Å²) in [5.41, 5.74) is 5.15. The van der Waals surface area contributed by atoms with Crippen LogP contribution in [0.15, 0.2) is 42.5 Å². The molecule has 0 spiro atoms. The maximum Gasteiger partial charge on any atom is 0.238 e. The fraction of sp³-hybridized carbons (Fsp3) is 0.333. The van der Waals surface area contributed by atoms with Crippen LogP contribution in [0.25, 0.3) is 0 Å². The predicted molar refractivity (Wildman–Crippen MR) is 104 cm³/mol. The Morgan fingerprint density at radius 1 is 1.12 bits per heavy atom. The van der Waals surface area contributed by atoms with Gasteiger partial charge in [0, 0.05) is 37.6 Å². The molecule has 0 atom stereocenters. The number of piperazine rings is 1. The van der Waals surface area contributed by atoms with Crippen molar-refractivity contribution in [3.05, 3.63) is 59.2 Å². The molecule has 2 aromatic carbocycles. The van der Waals surface area contributed by atoms with Crippen LogP contribution in [0.3, 0.4) is 0 Å². The highest BCUT2D eigenvalue weighted by atomic mass is 16.2. The quantitative estimate of drug-likeness (QED) is 0.923. The minimum atomic E-state index is -0.0414. The van der Waals surface area contributed by atoms with E-state index in [1.165, 1.54) is 16.8 Å². The monoisotopic (exact) mass is 348 g/mol. The van der Waals surface area contributed by atoms with Gasteiger partial charge in [0.2, 0.25) is 5.91 Å². The van der Waals surface area contributed by atoms with Crippen LogP contribution < -0.4 is 10.2 Å². The molecular formula is C21H24N4O. The van der Waals surface area contributed by atoms with Crippen molar-refractivity contribution in [3.8, 4) is 6.07 Å². The SMILES string of the molecule is Cc1cccc(N2CCN(CC(=O)Nc3cccc(C#N)c3)CC2)c1C. The van der Waals surface area contributed by atoms with E-state index in [0.717, 1.165) is 26.2 Å². The Kier molecular flexibility index (Phi) is 5.55. The first-order chi connectivity index (χ1) is 12.6. The Morgan fingerprint density at radius 3 is 2.58 bits per heavy atom. The van der Waals surface area contributed by atoms with E-state index < -0.39 is 0 Å². The number of hydrogen-bond donors (Lipinski definition) is 1. The molecule has 1 saturated heterocycles. The number of anilines is 2. The molecule has 0 radical (unpaired) electrons. The van der Waals surface area contributed by atoms with Gasteiger partial charge in [-0.3, -0.25) is 9.69 Å². The van der Waals surface area contributed by atoms with Crippen LogP contribution in [0.1, 0.15) is 16.7 Å². The molecule has 3 rings (SSSR count). The van der Waals surface area contributed by atoms with Crippen LogP contribution in [-0.4, -0.2) is 43.5 Å². The number of benzene rings is 2. The van der Waals surface area contributed by atoms with Crippen molar-refractivity contribution < 1.29 is 4.79 Å². The second-order valence-electron chi connectivity index (χ2n) is 6.72. The standard InChI is InChI=1S/C21H24N4O/c1-16-5-3-8-20(17(16)2)25-11-9-24(10-12-25)15-21(26)23-19-7-4-6-18(13-19)14-22/h3-8,13H,9-12,15H2,1-2H3,(H,23,26). The molecule has 0 aliphatic carbocycles. The van der Waals surface area contributed by atoms with Crippen LogP contribution in [0.5, 0.6) is 0 Å². The first-order valence-corrected chi connectivity index (χ1v) is 8.90. The van der Waals surface area contributed by atoms with Gasteiger partial charge in [-0.15, -0.1) is 0 Å². The van der Waals surface area contributed by atoms with Gasteiger partial charge < -0.3 is 10.2 Å². The van der Waals surface area contributed by atoms with Gasteiger partial charge in [-0.2, -0.15) is 5.26 Å². The lowest BCUT2D eigenvalue weighted by Crippen LogP contribution is -2.48. The molecule has 1 aliphatic heterocycles. The summed E-state index contributed by atoms with van der Waals surface area (Å²) in [5.74, 6) is -0.0414. The second-order valence-corrected chi connectivity index (χ2v) is 6.72. The van der Waals surface area contributed by atoms with Gasteiger partial charge in [0.25, 0.3) is 0 Å². The number of carbonyl (C=O) groups excluding carboxylic acids is 1. The molecule has 1 heterocycles. The van der Waals surface area contributed by atoms with Gasteiger partial charge in [0.15, 0.2) is 0 Å². The van der Waals surface area contributed by atoms with Crippen LogP contribution in [0, 0.1) is 25.2 Å². The zero-order chi connectivity index (χ0) is 18.5. The van der Waals surface area contributed by atoms with Crippen LogP contribution in [0.2, 0.25) is 0 Å². The van der Waals surface area contributed by atoms with E-state index in [2.05, 4.69) is 53.2 Å². The van der Waals surface area contributed by atoms with E-state index in [-0.39, 0.29) is 5.91 Å². The van der Waals surface area contributed by atoms with E-state index in [9.17, 15) is 4.79 Å². The third-order valence-corrected chi connectivity index (χ3v) is 4.93. The molecule has 1 fully saturated rings. The van der Waals surface area contributed by atoms with Crippen molar-refractivity contribution >= 4 is 17.3 Å². The van der Waals surface area contributed by atoms with E-state index in [4.69, 9.17) is 5.26 Å². The van der Waals surface area contributed by atoms with Gasteiger partial charge in [-0.1, -0.05) is 18.2 Å². The van der Waals surface area contributed by atoms with Crippen molar-refractivity contribution in [1.82, 2.24) is 4.90 Å². The minimum Gasteiger partial charge on any atom is -0.369 e. The van der Waals surface area contributed by atoms with E-state index >= 15 is 0 Å². The molecule has 0 aromatic heterocycles. The molecule has 5 nitrogen and oxygen atoms in total. The van der Waals surface area contributed by atoms with E-state index in [1.54, 1.807) is 24.3 Å². The number of nitrogens with zero attached hydrogens (tertiary/aromatic N) is 3. The number of amides is 1. The first-order valence-electron chi connectivity index (χ1n) is 8.90. The third-order valence-electron chi connectivity index (χ3n) is 4.93. The number of nitrogens with one attached hydrogen (secondary N) is 1. The largest absolute Gasteiger partial charge is 0.369 e. The highest BCUT2D eigenvalue weighted by Gasteiger charge is 2.20. The maximum atomic E-state index is 12.3. The summed E-state index contributed by atoms with van der Waals surface area (Å²) in [4.78, 5) is 16.8. The summed E-state index contributed by atoms with van der Waals surface area (Å²) in [6, 6.07) is 15.5. The van der Waals surface area contributed by atoms with E-state index in [0.29, 0.717) is 17.8 Å². The van der Waals surface area contributed by atoms with Gasteiger partial charge in [0.05, 0.1) is 18.2 Å². The van der Waals surface area contributed by atoms with Crippen molar-refractivity contribution in [2.24, 2.45) is 0 Å². The summed E-state index contributed by atoms with van der Waals surface area (Å²) >= 11 is 0. The smallest absolute Gasteiger partial charge is 0.238 e. The van der Waals surface area contributed by atoms with Crippen LogP contribution in [0.4, 0.5) is 11.4 Å². The van der Waals surface area contributed by atoms with Crippen LogP contribution >= 0.6 is 0 Å². The molecular weight excluding hydrogens is 324 g/mol. The van der Waals surface area contributed by atoms with Crippen molar-refractivity contribution in [2.75, 3.05) is 42.9 Å². The third kappa shape index (κ3) is 4.22. The van der Waals surface area contributed by atoms with Crippen LogP contribution in [-0.2, 0) is 4.79 Å². The molecule has 1 aliphatic rings. The lowest BCUT2D eigenvalue weighted by Gasteiger charge is -2.36. The summed E-state index contributed by atoms with van der Waals surface area (Å²) < 4.78 is 0. The lowest BCUT2D eigenvalue weighted by atomic mass is 10.1. The van der Waals surface area contributed by atoms with Crippen molar-refractivity contribution in [2.45, 2.75) is 13.8 Å². The van der Waals surface area contributed by atoms with E-state index in [1.807, 2.05) is 0 Å². The normalized spacial score (nSPS) is 14.7. The highest BCUT2D eigenvalue weighted by Crippen LogP contribution is 2.23. The summed E-state index contributed by atoms with van der Waals surface area (Å²) in [7, 11) is 0. The average molecular weight is 348 g/mol. The van der Waals surface area contributed by atoms with Gasteiger partial charge >= 0.3 is 0 Å². The summed E-state index contributed by atoms with van der Waals surface area (Å²) in [5, 5.41) is 11.8. The number of carbonyl (C=O) groups is 1. The van der Waals surface area contributed by atoms with Crippen molar-refractivity contribution in [3.63, 3.8) is 0 Å². The summed E-state index contributed by atoms with van der Waals surface area (Å²) in [6.45, 7) is 8.24. The second kappa shape index (κ2) is 8.03. The Labute approximate surface area is 154 Å². The predicted octanol–water partition coefficient (Wildman–Crippen LogP) is 2.94. The molecule has 0 saturated carbocycles. The Bertz CT molecular complexity index is 832. The summed E-state index contributed by atoms with van der Waals surface area (Å²) in [6.07, 6.45) is 0. The maximum absolute atomic E-state index is 12.3. The zero-order valence-electron chi connectivity index (χ0n) is 15.3. The highest BCUT2D eigenvalue weighted by molar-refractivity contribution is 5.92. The molecule has 134 valence electrons. The van der Waals surface area contributed by atoms with Gasteiger partial charge in [-0.25, -0.2) is 0 Å². The number of rotatable bonds is 4. The number of nitriles is 1. The fourth-order valence-electron chi connectivity index (χ4n) is 3.30. The zero-order valence-corrected chi connectivity index (χ0v) is 15.3.